The van der Waals surface area contributed by atoms with Crippen molar-refractivity contribution in [3.05, 3.63) is 71.5 Å². The molecule has 0 amide bonds. The number of ether oxygens (including phenoxy) is 1. The van der Waals surface area contributed by atoms with Gasteiger partial charge in [0.15, 0.2) is 0 Å². The summed E-state index contributed by atoms with van der Waals surface area (Å²) in [5.74, 6) is 1.17. The van der Waals surface area contributed by atoms with Crippen molar-refractivity contribution in [1.82, 2.24) is 0 Å². The van der Waals surface area contributed by atoms with Gasteiger partial charge in [0.05, 0.1) is 12.2 Å². The maximum atomic E-state index is 12.7. The third-order valence-electron chi connectivity index (χ3n) is 5.34. The molecule has 4 nitrogen and oxygen atoms in total. The van der Waals surface area contributed by atoms with Crippen molar-refractivity contribution in [2.45, 2.75) is 55.9 Å². The van der Waals surface area contributed by atoms with Crippen LogP contribution >= 0.6 is 11.8 Å². The molecule has 0 saturated heterocycles. The Kier molecular flexibility index (Phi) is 8.02. The number of rotatable bonds is 10. The zero-order valence-corrected chi connectivity index (χ0v) is 20.1. The first-order chi connectivity index (χ1) is 16.0. The largest absolute Gasteiger partial charge is 0.494 e. The Balaban J connectivity index is 1.46. The topological polar surface area (TPSA) is 59.7 Å². The van der Waals surface area contributed by atoms with Gasteiger partial charge in [-0.2, -0.15) is 13.2 Å². The Morgan fingerprint density at radius 3 is 2.26 bits per heavy atom. The van der Waals surface area contributed by atoms with Crippen LogP contribution in [0.5, 0.6) is 5.75 Å². The van der Waals surface area contributed by atoms with E-state index in [4.69, 9.17) is 9.15 Å². The van der Waals surface area contributed by atoms with Crippen LogP contribution in [0.25, 0.3) is 11.3 Å². The normalized spacial score (nSPS) is 12.1. The van der Waals surface area contributed by atoms with Crippen molar-refractivity contribution in [3.63, 3.8) is 0 Å². The highest BCUT2D eigenvalue weighted by Crippen LogP contribution is 2.34. The first kappa shape index (κ1) is 25.7. The lowest BCUT2D eigenvalue weighted by Gasteiger charge is -2.18. The molecule has 2 aromatic carbocycles. The predicted molar refractivity (Wildman–Crippen MR) is 126 cm³/mol. The smallest absolute Gasteiger partial charge is 0.416 e. The Bertz CT molecular complexity index is 1100. The van der Waals surface area contributed by atoms with Gasteiger partial charge in [-0.3, -0.25) is 4.79 Å². The summed E-state index contributed by atoms with van der Waals surface area (Å²) in [5.41, 5.74) is 0.952. The number of hydrogen-bond acceptors (Lipinski definition) is 4. The Morgan fingerprint density at radius 2 is 1.68 bits per heavy atom. The quantitative estimate of drug-likeness (QED) is 0.233. The number of carbonyl (C=O) groups is 1. The molecular formula is C26H27F3O4S. The number of furan rings is 1. The fraction of sp³-hybridized carbons (Fsp3) is 0.346. The van der Waals surface area contributed by atoms with Crippen molar-refractivity contribution in [2.75, 3.05) is 6.61 Å². The van der Waals surface area contributed by atoms with E-state index < -0.39 is 22.5 Å². The molecule has 0 bridgehead atoms. The summed E-state index contributed by atoms with van der Waals surface area (Å²) >= 11 is 1.28. The SMILES string of the molecule is Cc1oc(-c2ccc(C(F)(F)F)cc2)cc1CCCCOc1ccc(SC(C)(C)C(=O)O)cc1. The van der Waals surface area contributed by atoms with Crippen LogP contribution in [0.3, 0.4) is 0 Å². The van der Waals surface area contributed by atoms with E-state index in [1.807, 2.05) is 37.3 Å². The second-order valence-corrected chi connectivity index (χ2v) is 10.2. The molecular weight excluding hydrogens is 465 g/mol. The molecule has 182 valence electrons. The number of carboxylic acids is 1. The summed E-state index contributed by atoms with van der Waals surface area (Å²) in [6.07, 6.45) is -1.89. The molecule has 0 radical (unpaired) electrons. The van der Waals surface area contributed by atoms with Gasteiger partial charge >= 0.3 is 12.1 Å². The van der Waals surface area contributed by atoms with Crippen LogP contribution in [0.4, 0.5) is 13.2 Å². The summed E-state index contributed by atoms with van der Waals surface area (Å²) in [4.78, 5) is 12.1. The number of aryl methyl sites for hydroxylation is 2. The lowest BCUT2D eigenvalue weighted by molar-refractivity contribution is -0.139. The van der Waals surface area contributed by atoms with E-state index in [0.717, 1.165) is 53.4 Å². The van der Waals surface area contributed by atoms with E-state index >= 15 is 0 Å². The number of aliphatic carboxylic acids is 1. The predicted octanol–water partition coefficient (Wildman–Crippen LogP) is 7.63. The Hall–Kier alpha value is -2.87. The van der Waals surface area contributed by atoms with Crippen LogP contribution in [0.2, 0.25) is 0 Å². The molecule has 0 aliphatic rings. The molecule has 0 unspecified atom stereocenters. The number of carboxylic acid groups (broad SMARTS) is 1. The fourth-order valence-electron chi connectivity index (χ4n) is 3.28. The van der Waals surface area contributed by atoms with E-state index in [1.54, 1.807) is 13.8 Å². The number of hydrogen-bond donors (Lipinski definition) is 1. The minimum atomic E-state index is -4.36. The van der Waals surface area contributed by atoms with E-state index in [1.165, 1.54) is 23.9 Å². The molecule has 0 saturated carbocycles. The van der Waals surface area contributed by atoms with E-state index in [-0.39, 0.29) is 0 Å². The van der Waals surface area contributed by atoms with Crippen molar-refractivity contribution >= 4 is 17.7 Å². The molecule has 3 aromatic rings. The average molecular weight is 493 g/mol. The van der Waals surface area contributed by atoms with Gasteiger partial charge in [-0.1, -0.05) is 12.1 Å². The monoisotopic (exact) mass is 492 g/mol. The lowest BCUT2D eigenvalue weighted by atomic mass is 10.1. The van der Waals surface area contributed by atoms with Crippen molar-refractivity contribution in [3.8, 4) is 17.1 Å². The van der Waals surface area contributed by atoms with E-state index in [0.29, 0.717) is 17.9 Å². The van der Waals surface area contributed by atoms with Gasteiger partial charge in [-0.25, -0.2) is 0 Å². The molecule has 1 heterocycles. The third kappa shape index (κ3) is 6.82. The molecule has 0 atom stereocenters. The highest BCUT2D eigenvalue weighted by molar-refractivity contribution is 8.01. The summed E-state index contributed by atoms with van der Waals surface area (Å²) in [7, 11) is 0. The van der Waals surface area contributed by atoms with Crippen LogP contribution < -0.4 is 4.74 Å². The van der Waals surface area contributed by atoms with E-state index in [2.05, 4.69) is 0 Å². The second-order valence-electron chi connectivity index (χ2n) is 8.46. The van der Waals surface area contributed by atoms with Gasteiger partial charge in [-0.15, -0.1) is 11.8 Å². The van der Waals surface area contributed by atoms with Crippen LogP contribution in [0.1, 0.15) is 43.6 Å². The molecule has 0 spiro atoms. The van der Waals surface area contributed by atoms with Gasteiger partial charge in [0.2, 0.25) is 0 Å². The maximum Gasteiger partial charge on any atom is 0.416 e. The number of thioether (sulfide) groups is 1. The van der Waals surface area contributed by atoms with Crippen LogP contribution in [-0.2, 0) is 17.4 Å². The first-order valence-electron chi connectivity index (χ1n) is 10.9. The molecule has 1 aromatic heterocycles. The van der Waals surface area contributed by atoms with Gasteiger partial charge < -0.3 is 14.3 Å². The number of unbranched alkanes of at least 4 members (excludes halogenated alkanes) is 1. The summed E-state index contributed by atoms with van der Waals surface area (Å²) in [6.45, 7) is 5.72. The third-order valence-corrected chi connectivity index (χ3v) is 6.53. The molecule has 1 N–H and O–H groups in total. The zero-order chi connectivity index (χ0) is 24.9. The molecule has 8 heteroatoms. The van der Waals surface area contributed by atoms with Crippen molar-refractivity contribution in [1.29, 1.82) is 0 Å². The highest BCUT2D eigenvalue weighted by Gasteiger charge is 2.30. The number of halogens is 3. The van der Waals surface area contributed by atoms with Crippen LogP contribution in [-0.4, -0.2) is 22.4 Å². The standard InChI is InChI=1S/C26H27F3O4S/c1-17-19(16-23(33-17)18-7-9-20(10-8-18)26(27,28)29)6-4-5-15-32-21-11-13-22(14-12-21)34-25(2,3)24(30)31/h7-14,16H,4-6,15H2,1-3H3,(H,30,31). The summed E-state index contributed by atoms with van der Waals surface area (Å²) in [5, 5.41) is 9.23. The second kappa shape index (κ2) is 10.6. The molecule has 3 rings (SSSR count). The minimum Gasteiger partial charge on any atom is -0.494 e. The number of alkyl halides is 3. The number of benzene rings is 2. The summed E-state index contributed by atoms with van der Waals surface area (Å²) < 4.78 is 48.9. The van der Waals surface area contributed by atoms with Crippen LogP contribution in [0, 0.1) is 6.92 Å². The Labute approximate surface area is 201 Å². The van der Waals surface area contributed by atoms with Gasteiger partial charge in [-0.05, 0) is 88.1 Å². The van der Waals surface area contributed by atoms with E-state index in [9.17, 15) is 23.1 Å². The van der Waals surface area contributed by atoms with Crippen molar-refractivity contribution in [2.24, 2.45) is 0 Å². The molecule has 0 fully saturated rings. The molecule has 34 heavy (non-hydrogen) atoms. The minimum absolute atomic E-state index is 0.537. The molecule has 0 aliphatic carbocycles. The van der Waals surface area contributed by atoms with Gasteiger partial charge in [0.25, 0.3) is 0 Å². The zero-order valence-electron chi connectivity index (χ0n) is 19.2. The fourth-order valence-corrected chi connectivity index (χ4v) is 4.23. The van der Waals surface area contributed by atoms with Gasteiger partial charge in [0.1, 0.15) is 22.0 Å². The lowest BCUT2D eigenvalue weighted by Crippen LogP contribution is -2.26. The van der Waals surface area contributed by atoms with Gasteiger partial charge in [0, 0.05) is 10.5 Å². The highest BCUT2D eigenvalue weighted by atomic mass is 32.2. The summed E-state index contributed by atoms with van der Waals surface area (Å²) in [6, 6.07) is 14.2. The molecule has 0 aliphatic heterocycles. The average Bonchev–Trinajstić information content (AvgIpc) is 3.14. The van der Waals surface area contributed by atoms with Crippen LogP contribution in [0.15, 0.2) is 63.9 Å². The maximum absolute atomic E-state index is 12.7. The Morgan fingerprint density at radius 1 is 1.03 bits per heavy atom. The first-order valence-corrected chi connectivity index (χ1v) is 11.7. The van der Waals surface area contributed by atoms with Crippen molar-refractivity contribution < 1.29 is 32.2 Å².